The molecule has 0 aromatic heterocycles. The molecular weight excluding hydrogens is 409 g/mol. The number of allylic oxidation sites excluding steroid dienone is 2. The van der Waals surface area contributed by atoms with Gasteiger partial charge in [-0.3, -0.25) is 4.79 Å². The van der Waals surface area contributed by atoms with Crippen LogP contribution in [-0.2, 0) is 0 Å². The molecule has 1 amide bonds. The summed E-state index contributed by atoms with van der Waals surface area (Å²) in [5.74, 6) is 0.0121. The fraction of sp³-hybridized carbons (Fsp3) is 0.381. The lowest BCUT2D eigenvalue weighted by atomic mass is 10.1. The maximum Gasteiger partial charge on any atom is 0.258 e. The summed E-state index contributed by atoms with van der Waals surface area (Å²) >= 11 is 6.02. The van der Waals surface area contributed by atoms with Crippen molar-refractivity contribution < 1.29 is 13.9 Å². The van der Waals surface area contributed by atoms with E-state index in [4.69, 9.17) is 21.7 Å². The molecule has 0 aliphatic carbocycles. The van der Waals surface area contributed by atoms with Crippen molar-refractivity contribution in [3.63, 3.8) is 0 Å². The highest BCUT2D eigenvalue weighted by Gasteiger charge is 2.32. The van der Waals surface area contributed by atoms with E-state index in [0.717, 1.165) is 31.6 Å². The summed E-state index contributed by atoms with van der Waals surface area (Å²) < 4.78 is 19.9. The first kappa shape index (κ1) is 20.6. The van der Waals surface area contributed by atoms with Crippen LogP contribution in [0.3, 0.4) is 0 Å². The quantitative estimate of drug-likeness (QED) is 0.686. The molecule has 9 heteroatoms. The highest BCUT2D eigenvalue weighted by molar-refractivity contribution is 6.39. The molecule has 4 rings (SSSR count). The van der Waals surface area contributed by atoms with Gasteiger partial charge in [-0.15, -0.1) is 0 Å². The minimum Gasteiger partial charge on any atom is -0.489 e. The van der Waals surface area contributed by atoms with Gasteiger partial charge in [0.15, 0.2) is 0 Å². The molecule has 1 aromatic carbocycles. The average molecular weight is 432 g/mol. The fourth-order valence-electron chi connectivity index (χ4n) is 3.66. The van der Waals surface area contributed by atoms with E-state index in [-0.39, 0.29) is 30.9 Å². The zero-order valence-corrected chi connectivity index (χ0v) is 17.4. The Bertz CT molecular complexity index is 982. The normalized spacial score (nSPS) is 22.5. The van der Waals surface area contributed by atoms with Gasteiger partial charge in [-0.05, 0) is 45.0 Å². The lowest BCUT2D eigenvalue weighted by Crippen LogP contribution is -2.35. The van der Waals surface area contributed by atoms with Gasteiger partial charge in [0.25, 0.3) is 5.91 Å². The molecule has 3 N–H and O–H groups in total. The number of ether oxygens (including phenoxy) is 1. The number of piperidine rings is 1. The molecule has 30 heavy (non-hydrogen) atoms. The van der Waals surface area contributed by atoms with Crippen LogP contribution in [-0.4, -0.2) is 55.0 Å². The van der Waals surface area contributed by atoms with Gasteiger partial charge in [0.05, 0.1) is 29.4 Å². The van der Waals surface area contributed by atoms with Gasteiger partial charge >= 0.3 is 0 Å². The van der Waals surface area contributed by atoms with Crippen LogP contribution < -0.4 is 15.4 Å². The van der Waals surface area contributed by atoms with Crippen molar-refractivity contribution in [2.24, 2.45) is 4.99 Å². The Hall–Kier alpha value is -2.71. The second kappa shape index (κ2) is 8.57. The molecular formula is C21H23ClFN5O2. The standard InChI is InChI=1S/C21H23ClFN5O2/c1-12-17(22)9-26-20(27-12)16-10-28(11-18(16)24)21(29)15-3-2-13(23)8-19(15)30-14-4-6-25-7-5-14/h2-3,8-9,14,24-25,27H,4-7,10-11H2,1H3/b20-16-,24-18?. The molecule has 0 saturated carbocycles. The van der Waals surface area contributed by atoms with E-state index in [1.807, 2.05) is 6.92 Å². The van der Waals surface area contributed by atoms with Crippen LogP contribution >= 0.6 is 11.6 Å². The van der Waals surface area contributed by atoms with Crippen molar-refractivity contribution in [3.8, 4) is 5.75 Å². The molecule has 0 unspecified atom stereocenters. The van der Waals surface area contributed by atoms with Crippen molar-refractivity contribution in [2.75, 3.05) is 26.2 Å². The van der Waals surface area contributed by atoms with Gasteiger partial charge in [0, 0.05) is 23.6 Å². The first-order valence-corrected chi connectivity index (χ1v) is 10.2. The van der Waals surface area contributed by atoms with Crippen molar-refractivity contribution >= 4 is 29.4 Å². The van der Waals surface area contributed by atoms with E-state index in [1.54, 1.807) is 4.90 Å². The van der Waals surface area contributed by atoms with E-state index in [2.05, 4.69) is 15.6 Å². The number of nitrogens with one attached hydrogen (secondary N) is 3. The molecule has 7 nitrogen and oxygen atoms in total. The zero-order chi connectivity index (χ0) is 21.3. The molecule has 0 radical (unpaired) electrons. The maximum atomic E-state index is 13.9. The van der Waals surface area contributed by atoms with E-state index in [0.29, 0.717) is 27.7 Å². The molecule has 3 aliphatic rings. The summed E-state index contributed by atoms with van der Waals surface area (Å²) in [7, 11) is 0. The Balaban J connectivity index is 1.55. The number of benzene rings is 1. The smallest absolute Gasteiger partial charge is 0.258 e. The Morgan fingerprint density at radius 3 is 2.83 bits per heavy atom. The van der Waals surface area contributed by atoms with Gasteiger partial charge in [-0.2, -0.15) is 0 Å². The zero-order valence-electron chi connectivity index (χ0n) is 16.6. The molecule has 1 aromatic rings. The highest BCUT2D eigenvalue weighted by atomic mass is 35.5. The predicted molar refractivity (Wildman–Crippen MR) is 114 cm³/mol. The first-order chi connectivity index (χ1) is 14.4. The Morgan fingerprint density at radius 1 is 1.33 bits per heavy atom. The number of aliphatic imine (C=N–C) groups is 1. The summed E-state index contributed by atoms with van der Waals surface area (Å²) in [5, 5.41) is 15.2. The number of hydrogen-bond acceptors (Lipinski definition) is 6. The van der Waals surface area contributed by atoms with Crippen LogP contribution in [0.1, 0.15) is 30.1 Å². The molecule has 3 heterocycles. The molecule has 0 atom stereocenters. The van der Waals surface area contributed by atoms with Gasteiger partial charge in [-0.25, -0.2) is 9.38 Å². The van der Waals surface area contributed by atoms with E-state index >= 15 is 0 Å². The van der Waals surface area contributed by atoms with Gasteiger partial charge in [0.1, 0.15) is 23.5 Å². The van der Waals surface area contributed by atoms with Crippen molar-refractivity contribution in [1.29, 1.82) is 5.41 Å². The molecule has 2 saturated heterocycles. The fourth-order valence-corrected chi connectivity index (χ4v) is 3.76. The second-order valence-corrected chi connectivity index (χ2v) is 7.94. The molecule has 2 fully saturated rings. The van der Waals surface area contributed by atoms with Gasteiger partial charge in [-0.1, -0.05) is 11.6 Å². The number of nitrogens with zero attached hydrogens (tertiary/aromatic N) is 2. The van der Waals surface area contributed by atoms with Crippen LogP contribution in [0.5, 0.6) is 5.75 Å². The second-order valence-electron chi connectivity index (χ2n) is 7.53. The van der Waals surface area contributed by atoms with Crippen molar-refractivity contribution in [2.45, 2.75) is 25.9 Å². The lowest BCUT2D eigenvalue weighted by molar-refractivity contribution is 0.0793. The monoisotopic (exact) mass is 431 g/mol. The third-order valence-corrected chi connectivity index (χ3v) is 5.74. The number of halogens is 2. The topological polar surface area (TPSA) is 89.8 Å². The molecule has 3 aliphatic heterocycles. The van der Waals surface area contributed by atoms with E-state index in [9.17, 15) is 9.18 Å². The highest BCUT2D eigenvalue weighted by Crippen LogP contribution is 2.28. The summed E-state index contributed by atoms with van der Waals surface area (Å²) in [4.78, 5) is 19.0. The largest absolute Gasteiger partial charge is 0.489 e. The SMILES string of the molecule is CC1=C(Cl)C=N/C(=C2\CN(C(=O)c3ccc(F)cc3OC3CCNCC3)CC2=N)N1. The van der Waals surface area contributed by atoms with Crippen molar-refractivity contribution in [1.82, 2.24) is 15.5 Å². The van der Waals surface area contributed by atoms with Gasteiger partial charge < -0.3 is 25.7 Å². The van der Waals surface area contributed by atoms with Crippen molar-refractivity contribution in [3.05, 3.63) is 51.7 Å². The van der Waals surface area contributed by atoms with Crippen LogP contribution in [0.4, 0.5) is 4.39 Å². The maximum absolute atomic E-state index is 13.9. The Labute approximate surface area is 179 Å². The predicted octanol–water partition coefficient (Wildman–Crippen LogP) is 2.79. The Morgan fingerprint density at radius 2 is 2.10 bits per heavy atom. The number of likely N-dealkylation sites (tertiary alicyclic amines) is 1. The summed E-state index contributed by atoms with van der Waals surface area (Å²) in [6, 6.07) is 3.97. The van der Waals surface area contributed by atoms with Gasteiger partial charge in [0.2, 0.25) is 0 Å². The minimum atomic E-state index is -0.452. The summed E-state index contributed by atoms with van der Waals surface area (Å²) in [6.45, 7) is 3.85. The third-order valence-electron chi connectivity index (χ3n) is 5.36. The number of carbonyl (C=O) groups is 1. The molecule has 158 valence electrons. The minimum absolute atomic E-state index is 0.0607. The molecule has 0 spiro atoms. The van der Waals surface area contributed by atoms with Crippen LogP contribution in [0.2, 0.25) is 0 Å². The third kappa shape index (κ3) is 4.24. The average Bonchev–Trinajstić information content (AvgIpc) is 3.12. The number of hydrogen-bond donors (Lipinski definition) is 3. The first-order valence-electron chi connectivity index (χ1n) is 9.87. The Kier molecular flexibility index (Phi) is 5.87. The molecule has 0 bridgehead atoms. The van der Waals surface area contributed by atoms with Crippen LogP contribution in [0, 0.1) is 11.2 Å². The lowest BCUT2D eigenvalue weighted by Gasteiger charge is -2.25. The van der Waals surface area contributed by atoms with E-state index in [1.165, 1.54) is 24.4 Å². The number of rotatable bonds is 3. The number of carbonyl (C=O) groups excluding carboxylic acids is 1. The van der Waals surface area contributed by atoms with Crippen LogP contribution in [0.25, 0.3) is 0 Å². The summed E-state index contributed by atoms with van der Waals surface area (Å²) in [5.41, 5.74) is 1.97. The summed E-state index contributed by atoms with van der Waals surface area (Å²) in [6.07, 6.45) is 3.06. The van der Waals surface area contributed by atoms with E-state index < -0.39 is 5.82 Å². The van der Waals surface area contributed by atoms with Crippen LogP contribution in [0.15, 0.2) is 45.3 Å². The number of amides is 1.